The quantitative estimate of drug-likeness (QED) is 0.310. The van der Waals surface area contributed by atoms with Crippen molar-refractivity contribution < 1.29 is 9.59 Å². The second kappa shape index (κ2) is 13.3. The third-order valence-corrected chi connectivity index (χ3v) is 9.18. The SMILES string of the molecule is C=C1CSC(=S)N1CCC(=O)N1CCC(c2nc(C=O)cs2)CC1.CNc1cccnc1-n1nc(C)cc1C. The standard InChI is InChI=1S/C16H19N3O2S3.C11H14N4/c1-11-9-24-16(22)19(11)7-4-14(21)18-5-2-12(3-6-18)15-17-13(8-20)10-23-15;1-8-7-9(2)15(14-8)11-10(12-3)5-4-6-13-11/h8,10,12H,1-7,9H2;4-7,12H,1-3H3. The number of pyridine rings is 1. The van der Waals surface area contributed by atoms with Gasteiger partial charge in [-0.05, 0) is 44.9 Å². The van der Waals surface area contributed by atoms with Crippen molar-refractivity contribution in [1.29, 1.82) is 0 Å². The lowest BCUT2D eigenvalue weighted by atomic mass is 9.97. The molecule has 5 heterocycles. The number of nitrogens with zero attached hydrogens (tertiary/aromatic N) is 6. The van der Waals surface area contributed by atoms with Crippen LogP contribution in [0.2, 0.25) is 0 Å². The van der Waals surface area contributed by atoms with Crippen LogP contribution >= 0.6 is 35.3 Å². The average Bonchev–Trinajstić information content (AvgIpc) is 3.66. The number of anilines is 1. The number of carbonyl (C=O) groups is 2. The van der Waals surface area contributed by atoms with Gasteiger partial charge in [-0.1, -0.05) is 30.6 Å². The Kier molecular flexibility index (Phi) is 9.87. The minimum absolute atomic E-state index is 0.175. The van der Waals surface area contributed by atoms with Crippen LogP contribution in [-0.4, -0.2) is 78.5 Å². The highest BCUT2D eigenvalue weighted by atomic mass is 32.2. The molecule has 3 aromatic heterocycles. The number of carbonyl (C=O) groups excluding carboxylic acids is 2. The highest BCUT2D eigenvalue weighted by Gasteiger charge is 2.27. The van der Waals surface area contributed by atoms with Gasteiger partial charge < -0.3 is 15.1 Å². The van der Waals surface area contributed by atoms with Crippen molar-refractivity contribution in [2.75, 3.05) is 37.8 Å². The van der Waals surface area contributed by atoms with Crippen molar-refractivity contribution in [2.24, 2.45) is 0 Å². The molecule has 9 nitrogen and oxygen atoms in total. The van der Waals surface area contributed by atoms with Crippen molar-refractivity contribution in [2.45, 2.75) is 39.0 Å². The highest BCUT2D eigenvalue weighted by molar-refractivity contribution is 8.23. The van der Waals surface area contributed by atoms with Crippen LogP contribution in [-0.2, 0) is 4.79 Å². The molecule has 2 fully saturated rings. The zero-order valence-corrected chi connectivity index (χ0v) is 24.9. The summed E-state index contributed by atoms with van der Waals surface area (Å²) in [6, 6.07) is 5.92. The molecule has 0 bridgehead atoms. The molecule has 2 aliphatic heterocycles. The van der Waals surface area contributed by atoms with Gasteiger partial charge in [0.25, 0.3) is 0 Å². The van der Waals surface area contributed by atoms with E-state index in [2.05, 4.69) is 27.0 Å². The van der Waals surface area contributed by atoms with E-state index in [0.717, 1.165) is 75.9 Å². The number of nitrogens with one attached hydrogen (secondary N) is 1. The summed E-state index contributed by atoms with van der Waals surface area (Å²) in [7, 11) is 1.88. The Balaban J connectivity index is 0.000000202. The van der Waals surface area contributed by atoms with Gasteiger partial charge >= 0.3 is 0 Å². The Bertz CT molecular complexity index is 1330. The number of amides is 1. The predicted octanol–water partition coefficient (Wildman–Crippen LogP) is 4.82. The number of aldehydes is 1. The first-order chi connectivity index (χ1) is 18.8. The van der Waals surface area contributed by atoms with Crippen molar-refractivity contribution in [3.63, 3.8) is 0 Å². The van der Waals surface area contributed by atoms with Crippen molar-refractivity contribution in [1.82, 2.24) is 29.5 Å². The predicted molar refractivity (Wildman–Crippen MR) is 162 cm³/mol. The lowest BCUT2D eigenvalue weighted by molar-refractivity contribution is -0.132. The topological polar surface area (TPSA) is 96.3 Å². The van der Waals surface area contributed by atoms with Gasteiger partial charge in [0.2, 0.25) is 5.91 Å². The van der Waals surface area contributed by atoms with Crippen LogP contribution in [0.5, 0.6) is 0 Å². The van der Waals surface area contributed by atoms with Crippen LogP contribution in [0.1, 0.15) is 52.1 Å². The zero-order valence-electron chi connectivity index (χ0n) is 22.4. The molecule has 206 valence electrons. The summed E-state index contributed by atoms with van der Waals surface area (Å²) in [5.41, 5.74) is 4.56. The maximum Gasteiger partial charge on any atom is 0.224 e. The summed E-state index contributed by atoms with van der Waals surface area (Å²) >= 11 is 8.42. The first kappa shape index (κ1) is 28.9. The Morgan fingerprint density at radius 3 is 2.67 bits per heavy atom. The molecule has 5 rings (SSSR count). The monoisotopic (exact) mass is 583 g/mol. The van der Waals surface area contributed by atoms with Crippen molar-refractivity contribution >= 4 is 57.5 Å². The van der Waals surface area contributed by atoms with Gasteiger partial charge in [-0.25, -0.2) is 14.6 Å². The summed E-state index contributed by atoms with van der Waals surface area (Å²) in [5, 5.41) is 10.3. The minimum Gasteiger partial charge on any atom is -0.385 e. The van der Waals surface area contributed by atoms with Crippen LogP contribution in [0.25, 0.3) is 5.82 Å². The molecule has 1 amide bonds. The summed E-state index contributed by atoms with van der Waals surface area (Å²) < 4.78 is 2.67. The van der Waals surface area contributed by atoms with Crippen LogP contribution in [0, 0.1) is 13.8 Å². The smallest absolute Gasteiger partial charge is 0.224 e. The van der Waals surface area contributed by atoms with Crippen molar-refractivity contribution in [3.8, 4) is 5.82 Å². The normalized spacial score (nSPS) is 15.8. The molecule has 3 aromatic rings. The van der Waals surface area contributed by atoms with Gasteiger partial charge in [-0.3, -0.25) is 9.59 Å². The van der Waals surface area contributed by atoms with Crippen LogP contribution in [0.3, 0.4) is 0 Å². The second-order valence-corrected chi connectivity index (χ2v) is 11.9. The van der Waals surface area contributed by atoms with Crippen molar-refractivity contribution in [3.05, 3.63) is 64.1 Å². The molecule has 0 atom stereocenters. The number of hydrogen-bond acceptors (Lipinski definition) is 9. The molecular formula is C27H33N7O2S3. The summed E-state index contributed by atoms with van der Waals surface area (Å²) in [5.74, 6) is 2.20. The third-order valence-electron chi connectivity index (χ3n) is 6.64. The van der Waals surface area contributed by atoms with Gasteiger partial charge in [0.15, 0.2) is 12.1 Å². The number of hydrogen-bond donors (Lipinski definition) is 1. The summed E-state index contributed by atoms with van der Waals surface area (Å²) in [4.78, 5) is 35.7. The number of rotatable bonds is 7. The molecule has 1 N–H and O–H groups in total. The van der Waals surface area contributed by atoms with Gasteiger partial charge in [0.05, 0.1) is 16.4 Å². The maximum atomic E-state index is 12.4. The van der Waals surface area contributed by atoms with Crippen LogP contribution in [0.15, 0.2) is 42.1 Å². The molecule has 2 aliphatic rings. The fourth-order valence-electron chi connectivity index (χ4n) is 4.57. The lowest BCUT2D eigenvalue weighted by Gasteiger charge is -2.31. The lowest BCUT2D eigenvalue weighted by Crippen LogP contribution is -2.39. The highest BCUT2D eigenvalue weighted by Crippen LogP contribution is 2.31. The molecular weight excluding hydrogens is 551 g/mol. The molecule has 0 aliphatic carbocycles. The fraction of sp³-hybridized carbons (Fsp3) is 0.407. The minimum atomic E-state index is 0.175. The van der Waals surface area contributed by atoms with Gasteiger partial charge in [-0.15, -0.1) is 11.3 Å². The third kappa shape index (κ3) is 7.11. The number of piperidine rings is 1. The van der Waals surface area contributed by atoms with E-state index in [0.29, 0.717) is 24.6 Å². The fourth-order valence-corrected chi connectivity index (χ4v) is 6.72. The molecule has 12 heteroatoms. The molecule has 0 spiro atoms. The Labute approximate surface area is 242 Å². The summed E-state index contributed by atoms with van der Waals surface area (Å²) in [6.07, 6.45) is 4.83. The van der Waals surface area contributed by atoms with E-state index in [-0.39, 0.29) is 5.91 Å². The number of aromatic nitrogens is 4. The average molecular weight is 584 g/mol. The Morgan fingerprint density at radius 1 is 1.31 bits per heavy atom. The van der Waals surface area contributed by atoms with E-state index in [1.165, 1.54) is 11.3 Å². The number of thiocarbonyl (C=S) groups is 1. The Hall–Kier alpha value is -3.09. The number of thioether (sulfide) groups is 1. The van der Waals surface area contributed by atoms with E-state index in [1.54, 1.807) is 23.3 Å². The second-order valence-electron chi connectivity index (χ2n) is 9.37. The number of aryl methyl sites for hydroxylation is 2. The molecule has 0 aromatic carbocycles. The Morgan fingerprint density at radius 2 is 2.08 bits per heavy atom. The number of likely N-dealkylation sites (tertiary alicyclic amines) is 1. The van der Waals surface area contributed by atoms with Gasteiger partial charge in [0.1, 0.15) is 10.0 Å². The van der Waals surface area contributed by atoms with Gasteiger partial charge in [0, 0.05) is 67.7 Å². The van der Waals surface area contributed by atoms with E-state index in [1.807, 2.05) is 53.6 Å². The maximum absolute atomic E-state index is 12.4. The first-order valence-corrected chi connectivity index (χ1v) is 15.0. The van der Waals surface area contributed by atoms with Gasteiger partial charge in [-0.2, -0.15) is 5.10 Å². The molecule has 0 radical (unpaired) electrons. The number of thiazole rings is 1. The molecule has 0 saturated carbocycles. The molecule has 39 heavy (non-hydrogen) atoms. The van der Waals surface area contributed by atoms with Crippen LogP contribution < -0.4 is 5.32 Å². The summed E-state index contributed by atoms with van der Waals surface area (Å²) in [6.45, 7) is 10.1. The largest absolute Gasteiger partial charge is 0.385 e. The van der Waals surface area contributed by atoms with E-state index in [9.17, 15) is 9.59 Å². The van der Waals surface area contributed by atoms with E-state index < -0.39 is 0 Å². The first-order valence-electron chi connectivity index (χ1n) is 12.8. The molecule has 2 saturated heterocycles. The van der Waals surface area contributed by atoms with Crippen LogP contribution in [0.4, 0.5) is 5.69 Å². The van der Waals surface area contributed by atoms with E-state index >= 15 is 0 Å². The zero-order chi connectivity index (χ0) is 27.9. The molecule has 0 unspecified atom stereocenters. The van der Waals surface area contributed by atoms with E-state index in [4.69, 9.17) is 12.2 Å².